The lowest BCUT2D eigenvalue weighted by Crippen LogP contribution is -2.14. The van der Waals surface area contributed by atoms with Crippen molar-refractivity contribution in [2.75, 3.05) is 12.4 Å². The van der Waals surface area contributed by atoms with Crippen LogP contribution in [0.15, 0.2) is 40.9 Å². The molecular formula is C14H10BrF2NO2. The van der Waals surface area contributed by atoms with E-state index in [0.29, 0.717) is 22.0 Å². The molecule has 3 nitrogen and oxygen atoms in total. The molecule has 2 aromatic carbocycles. The van der Waals surface area contributed by atoms with Crippen LogP contribution in [0.4, 0.5) is 14.5 Å². The Labute approximate surface area is 122 Å². The number of nitrogens with one attached hydrogen (secondary N) is 1. The SMILES string of the molecule is COc1ccc(Br)c(NC(=O)c2ccc(F)cc2F)c1. The van der Waals surface area contributed by atoms with Crippen LogP contribution < -0.4 is 10.1 Å². The standard InChI is InChI=1S/C14H10BrF2NO2/c1-20-9-3-5-11(15)13(7-9)18-14(19)10-4-2-8(16)6-12(10)17/h2-7H,1H3,(H,18,19). The first-order valence-corrected chi connectivity index (χ1v) is 6.40. The molecular weight excluding hydrogens is 332 g/mol. The van der Waals surface area contributed by atoms with Crippen molar-refractivity contribution < 1.29 is 18.3 Å². The van der Waals surface area contributed by atoms with Gasteiger partial charge in [-0.25, -0.2) is 8.78 Å². The minimum atomic E-state index is -0.915. The number of anilines is 1. The van der Waals surface area contributed by atoms with E-state index in [1.54, 1.807) is 18.2 Å². The number of halogens is 3. The highest BCUT2D eigenvalue weighted by molar-refractivity contribution is 9.10. The van der Waals surface area contributed by atoms with E-state index in [-0.39, 0.29) is 5.56 Å². The zero-order valence-corrected chi connectivity index (χ0v) is 12.0. The van der Waals surface area contributed by atoms with Gasteiger partial charge in [-0.05, 0) is 40.2 Å². The molecule has 2 rings (SSSR count). The number of ether oxygens (including phenoxy) is 1. The molecule has 0 heterocycles. The van der Waals surface area contributed by atoms with Crippen LogP contribution in [-0.4, -0.2) is 13.0 Å². The molecule has 0 aliphatic rings. The van der Waals surface area contributed by atoms with E-state index < -0.39 is 17.5 Å². The summed E-state index contributed by atoms with van der Waals surface area (Å²) in [6, 6.07) is 7.76. The summed E-state index contributed by atoms with van der Waals surface area (Å²) >= 11 is 3.27. The van der Waals surface area contributed by atoms with Crippen molar-refractivity contribution in [2.24, 2.45) is 0 Å². The van der Waals surface area contributed by atoms with E-state index in [2.05, 4.69) is 21.2 Å². The van der Waals surface area contributed by atoms with Gasteiger partial charge >= 0.3 is 0 Å². The predicted octanol–water partition coefficient (Wildman–Crippen LogP) is 3.99. The maximum atomic E-state index is 13.5. The maximum absolute atomic E-state index is 13.5. The Morgan fingerprint density at radius 3 is 2.60 bits per heavy atom. The fourth-order valence-electron chi connectivity index (χ4n) is 1.59. The van der Waals surface area contributed by atoms with Crippen LogP contribution in [0.25, 0.3) is 0 Å². The Morgan fingerprint density at radius 1 is 1.20 bits per heavy atom. The van der Waals surface area contributed by atoms with Gasteiger partial charge < -0.3 is 10.1 Å². The summed E-state index contributed by atoms with van der Waals surface area (Å²) in [6.45, 7) is 0. The number of carbonyl (C=O) groups is 1. The quantitative estimate of drug-likeness (QED) is 0.916. The third kappa shape index (κ3) is 3.14. The lowest BCUT2D eigenvalue weighted by molar-refractivity contribution is 0.102. The normalized spacial score (nSPS) is 10.2. The molecule has 0 fully saturated rings. The summed E-state index contributed by atoms with van der Waals surface area (Å²) in [4.78, 5) is 12.0. The van der Waals surface area contributed by atoms with Crippen molar-refractivity contribution in [2.45, 2.75) is 0 Å². The second-order valence-corrected chi connectivity index (χ2v) is 4.78. The highest BCUT2D eigenvalue weighted by Crippen LogP contribution is 2.27. The Morgan fingerprint density at radius 2 is 1.95 bits per heavy atom. The topological polar surface area (TPSA) is 38.3 Å². The van der Waals surface area contributed by atoms with E-state index in [0.717, 1.165) is 12.1 Å². The molecule has 2 aromatic rings. The van der Waals surface area contributed by atoms with Crippen molar-refractivity contribution in [3.8, 4) is 5.75 Å². The van der Waals surface area contributed by atoms with Crippen LogP contribution >= 0.6 is 15.9 Å². The third-order valence-electron chi connectivity index (χ3n) is 2.60. The average molecular weight is 342 g/mol. The molecule has 0 atom stereocenters. The third-order valence-corrected chi connectivity index (χ3v) is 3.29. The minimum absolute atomic E-state index is 0.235. The highest BCUT2D eigenvalue weighted by Gasteiger charge is 2.14. The van der Waals surface area contributed by atoms with Gasteiger partial charge in [0.15, 0.2) is 0 Å². The Balaban J connectivity index is 2.27. The van der Waals surface area contributed by atoms with Crippen LogP contribution in [-0.2, 0) is 0 Å². The molecule has 0 unspecified atom stereocenters. The summed E-state index contributed by atoms with van der Waals surface area (Å²) in [5, 5.41) is 2.53. The van der Waals surface area contributed by atoms with Crippen LogP contribution in [0.5, 0.6) is 5.75 Å². The fourth-order valence-corrected chi connectivity index (χ4v) is 1.94. The molecule has 0 spiro atoms. The average Bonchev–Trinajstić information content (AvgIpc) is 2.41. The molecule has 20 heavy (non-hydrogen) atoms. The molecule has 0 radical (unpaired) electrons. The van der Waals surface area contributed by atoms with Gasteiger partial charge in [0.1, 0.15) is 17.4 Å². The lowest BCUT2D eigenvalue weighted by atomic mass is 10.2. The number of benzene rings is 2. The van der Waals surface area contributed by atoms with Gasteiger partial charge in [-0.2, -0.15) is 0 Å². The monoisotopic (exact) mass is 341 g/mol. The number of carbonyl (C=O) groups excluding carboxylic acids is 1. The second-order valence-electron chi connectivity index (χ2n) is 3.92. The number of methoxy groups -OCH3 is 1. The van der Waals surface area contributed by atoms with Gasteiger partial charge in [-0.3, -0.25) is 4.79 Å². The van der Waals surface area contributed by atoms with Crippen molar-refractivity contribution in [1.29, 1.82) is 0 Å². The largest absolute Gasteiger partial charge is 0.497 e. The van der Waals surface area contributed by atoms with E-state index >= 15 is 0 Å². The molecule has 0 saturated carbocycles. The van der Waals surface area contributed by atoms with Gasteiger partial charge in [-0.15, -0.1) is 0 Å². The van der Waals surface area contributed by atoms with Crippen molar-refractivity contribution in [3.63, 3.8) is 0 Å². The molecule has 0 aliphatic carbocycles. The van der Waals surface area contributed by atoms with Gasteiger partial charge in [-0.1, -0.05) is 0 Å². The zero-order chi connectivity index (χ0) is 14.7. The molecule has 0 aromatic heterocycles. The molecule has 0 aliphatic heterocycles. The van der Waals surface area contributed by atoms with Gasteiger partial charge in [0.05, 0.1) is 18.4 Å². The van der Waals surface area contributed by atoms with Crippen molar-refractivity contribution in [3.05, 3.63) is 58.1 Å². The fraction of sp³-hybridized carbons (Fsp3) is 0.0714. The van der Waals surface area contributed by atoms with Gasteiger partial charge in [0.25, 0.3) is 5.91 Å². The molecule has 1 amide bonds. The molecule has 104 valence electrons. The predicted molar refractivity (Wildman–Crippen MR) is 75.0 cm³/mol. The first-order chi connectivity index (χ1) is 9.51. The summed E-state index contributed by atoms with van der Waals surface area (Å²) in [7, 11) is 1.49. The van der Waals surface area contributed by atoms with E-state index in [9.17, 15) is 13.6 Å². The Kier molecular flexibility index (Phi) is 4.34. The smallest absolute Gasteiger partial charge is 0.258 e. The van der Waals surface area contributed by atoms with Gasteiger partial charge in [0.2, 0.25) is 0 Å². The number of amides is 1. The molecule has 0 bridgehead atoms. The number of hydrogen-bond acceptors (Lipinski definition) is 2. The second kappa shape index (κ2) is 6.00. The lowest BCUT2D eigenvalue weighted by Gasteiger charge is -2.09. The van der Waals surface area contributed by atoms with Crippen LogP contribution in [0.1, 0.15) is 10.4 Å². The summed E-state index contributed by atoms with van der Waals surface area (Å²) in [6.07, 6.45) is 0. The van der Waals surface area contributed by atoms with Crippen molar-refractivity contribution >= 4 is 27.5 Å². The first-order valence-electron chi connectivity index (χ1n) is 5.61. The minimum Gasteiger partial charge on any atom is -0.497 e. The van der Waals surface area contributed by atoms with E-state index in [4.69, 9.17) is 4.74 Å². The van der Waals surface area contributed by atoms with Crippen LogP contribution in [0, 0.1) is 11.6 Å². The number of rotatable bonds is 3. The van der Waals surface area contributed by atoms with Crippen LogP contribution in [0.2, 0.25) is 0 Å². The molecule has 1 N–H and O–H groups in total. The summed E-state index contributed by atoms with van der Waals surface area (Å²) in [5.74, 6) is -1.78. The van der Waals surface area contributed by atoms with Crippen molar-refractivity contribution in [1.82, 2.24) is 0 Å². The Bertz CT molecular complexity index is 662. The molecule has 0 saturated heterocycles. The first kappa shape index (κ1) is 14.5. The zero-order valence-electron chi connectivity index (χ0n) is 10.4. The van der Waals surface area contributed by atoms with E-state index in [1.165, 1.54) is 7.11 Å². The van der Waals surface area contributed by atoms with Crippen LogP contribution in [0.3, 0.4) is 0 Å². The Hall–Kier alpha value is -1.95. The summed E-state index contributed by atoms with van der Waals surface area (Å²) < 4.78 is 32.0. The van der Waals surface area contributed by atoms with Gasteiger partial charge in [0, 0.05) is 16.6 Å². The highest BCUT2D eigenvalue weighted by atomic mass is 79.9. The maximum Gasteiger partial charge on any atom is 0.258 e. The number of hydrogen-bond donors (Lipinski definition) is 1. The summed E-state index contributed by atoms with van der Waals surface area (Å²) in [5.41, 5.74) is 0.194. The van der Waals surface area contributed by atoms with E-state index in [1.807, 2.05) is 0 Å². The molecule has 6 heteroatoms.